The van der Waals surface area contributed by atoms with Gasteiger partial charge >= 0.3 is 6.03 Å². The molecule has 7 heteroatoms. The zero-order chi connectivity index (χ0) is 12.8. The smallest absolute Gasteiger partial charge is 0.314 e. The van der Waals surface area contributed by atoms with Crippen LogP contribution in [0, 0.1) is 0 Å². The predicted molar refractivity (Wildman–Crippen MR) is 74.6 cm³/mol. The number of rotatable bonds is 5. The van der Waals surface area contributed by atoms with Crippen molar-refractivity contribution in [3.8, 4) is 0 Å². The number of urea groups is 1. The van der Waals surface area contributed by atoms with E-state index in [9.17, 15) is 4.79 Å². The van der Waals surface area contributed by atoms with E-state index in [4.69, 9.17) is 11.6 Å². The fraction of sp³-hybridized carbons (Fsp3) is 0.636. The Bertz CT molecular complexity index is 373. The van der Waals surface area contributed by atoms with E-state index in [0.29, 0.717) is 25.0 Å². The highest BCUT2D eigenvalue weighted by atomic mass is 35.5. The first-order chi connectivity index (χ1) is 8.81. The number of nitrogens with one attached hydrogen (secondary N) is 2. The quantitative estimate of drug-likeness (QED) is 0.810. The number of carbonyl (C=O) groups excluding carboxylic acids is 1. The van der Waals surface area contributed by atoms with Gasteiger partial charge in [-0.05, 0) is 12.8 Å². The van der Waals surface area contributed by atoms with Gasteiger partial charge in [-0.25, -0.2) is 9.78 Å². The number of aromatic nitrogens is 1. The first-order valence-electron chi connectivity index (χ1n) is 6.05. The van der Waals surface area contributed by atoms with Gasteiger partial charge in [0.2, 0.25) is 0 Å². The van der Waals surface area contributed by atoms with Crippen molar-refractivity contribution >= 4 is 34.1 Å². The summed E-state index contributed by atoms with van der Waals surface area (Å²) in [5, 5.41) is 8.59. The fourth-order valence-electron chi connectivity index (χ4n) is 2.09. The lowest BCUT2D eigenvalue weighted by Gasteiger charge is -2.24. The van der Waals surface area contributed by atoms with Crippen LogP contribution in [0.5, 0.6) is 0 Å². The van der Waals surface area contributed by atoms with Gasteiger partial charge in [-0.2, -0.15) is 0 Å². The maximum absolute atomic E-state index is 11.4. The lowest BCUT2D eigenvalue weighted by Crippen LogP contribution is -2.44. The van der Waals surface area contributed by atoms with Crippen molar-refractivity contribution in [3.05, 3.63) is 11.6 Å². The summed E-state index contributed by atoms with van der Waals surface area (Å²) in [6, 6.07) is 0.194. The Morgan fingerprint density at radius 1 is 1.61 bits per heavy atom. The van der Waals surface area contributed by atoms with Crippen LogP contribution in [0.3, 0.4) is 0 Å². The van der Waals surface area contributed by atoms with Crippen LogP contribution in [0.25, 0.3) is 0 Å². The van der Waals surface area contributed by atoms with E-state index >= 15 is 0 Å². The number of halogens is 1. The number of carbonyl (C=O) groups is 1. The third kappa shape index (κ3) is 3.49. The van der Waals surface area contributed by atoms with E-state index < -0.39 is 0 Å². The number of nitrogens with zero attached hydrogens (tertiary/aromatic N) is 2. The SMILES string of the molecule is O=C(NCCCl)NCC1CCCN1c1nccs1. The average Bonchev–Trinajstić information content (AvgIpc) is 3.03. The molecule has 1 aromatic heterocycles. The molecule has 0 bridgehead atoms. The van der Waals surface area contributed by atoms with E-state index in [1.807, 2.05) is 11.6 Å². The monoisotopic (exact) mass is 288 g/mol. The Balaban J connectivity index is 1.80. The Hall–Kier alpha value is -1.01. The van der Waals surface area contributed by atoms with Crippen LogP contribution in [0.1, 0.15) is 12.8 Å². The van der Waals surface area contributed by atoms with Gasteiger partial charge in [0.05, 0.1) is 0 Å². The number of hydrogen-bond acceptors (Lipinski definition) is 4. The van der Waals surface area contributed by atoms with Crippen molar-refractivity contribution in [2.45, 2.75) is 18.9 Å². The minimum absolute atomic E-state index is 0.151. The number of hydrogen-bond donors (Lipinski definition) is 2. The van der Waals surface area contributed by atoms with E-state index in [2.05, 4.69) is 20.5 Å². The van der Waals surface area contributed by atoms with E-state index in [1.165, 1.54) is 0 Å². The van der Waals surface area contributed by atoms with Crippen molar-refractivity contribution in [2.24, 2.45) is 0 Å². The van der Waals surface area contributed by atoms with Gasteiger partial charge in [0.15, 0.2) is 5.13 Å². The summed E-state index contributed by atoms with van der Waals surface area (Å²) in [6.07, 6.45) is 4.06. The molecule has 1 aliphatic rings. The van der Waals surface area contributed by atoms with E-state index in [-0.39, 0.29) is 6.03 Å². The zero-order valence-corrected chi connectivity index (χ0v) is 11.6. The minimum Gasteiger partial charge on any atom is -0.343 e. The lowest BCUT2D eigenvalue weighted by atomic mass is 10.2. The van der Waals surface area contributed by atoms with Crippen LogP contribution in [-0.4, -0.2) is 42.6 Å². The van der Waals surface area contributed by atoms with Gasteiger partial charge in [0, 0.05) is 43.1 Å². The Morgan fingerprint density at radius 3 is 3.22 bits per heavy atom. The molecular formula is C11H17ClN4OS. The van der Waals surface area contributed by atoms with Gasteiger partial charge in [-0.15, -0.1) is 22.9 Å². The van der Waals surface area contributed by atoms with Crippen molar-refractivity contribution in [1.29, 1.82) is 0 Å². The van der Waals surface area contributed by atoms with Crippen molar-refractivity contribution in [1.82, 2.24) is 15.6 Å². The summed E-state index contributed by atoms with van der Waals surface area (Å²) >= 11 is 7.15. The van der Waals surface area contributed by atoms with E-state index in [0.717, 1.165) is 24.5 Å². The molecule has 1 fully saturated rings. The van der Waals surface area contributed by atoms with Crippen LogP contribution in [0.2, 0.25) is 0 Å². The highest BCUT2D eigenvalue weighted by molar-refractivity contribution is 7.13. The molecule has 100 valence electrons. The van der Waals surface area contributed by atoms with Gasteiger partial charge in [-0.1, -0.05) is 0 Å². The molecule has 2 amide bonds. The van der Waals surface area contributed by atoms with Crippen LogP contribution in [0.4, 0.5) is 9.93 Å². The lowest BCUT2D eigenvalue weighted by molar-refractivity contribution is 0.241. The van der Waals surface area contributed by atoms with Gasteiger partial charge in [0.1, 0.15) is 0 Å². The summed E-state index contributed by atoms with van der Waals surface area (Å²) in [5.41, 5.74) is 0. The molecule has 1 saturated heterocycles. The summed E-state index contributed by atoms with van der Waals surface area (Å²) < 4.78 is 0. The van der Waals surface area contributed by atoms with Crippen molar-refractivity contribution in [3.63, 3.8) is 0 Å². The maximum atomic E-state index is 11.4. The van der Waals surface area contributed by atoms with Gasteiger partial charge in [0.25, 0.3) is 0 Å². The largest absolute Gasteiger partial charge is 0.343 e. The molecule has 18 heavy (non-hydrogen) atoms. The Morgan fingerprint density at radius 2 is 2.50 bits per heavy atom. The number of thiazole rings is 1. The second kappa shape index (κ2) is 6.80. The molecule has 1 atom stereocenters. The molecule has 0 radical (unpaired) electrons. The topological polar surface area (TPSA) is 57.3 Å². The zero-order valence-electron chi connectivity index (χ0n) is 10.1. The van der Waals surface area contributed by atoms with Crippen LogP contribution >= 0.6 is 22.9 Å². The first kappa shape index (κ1) is 13.4. The maximum Gasteiger partial charge on any atom is 0.314 e. The van der Waals surface area contributed by atoms with Crippen LogP contribution < -0.4 is 15.5 Å². The molecule has 5 nitrogen and oxygen atoms in total. The molecule has 0 aliphatic carbocycles. The van der Waals surface area contributed by atoms with Gasteiger partial charge in [-0.3, -0.25) is 0 Å². The Labute approximate surface area is 116 Å². The summed E-state index contributed by atoms with van der Waals surface area (Å²) in [5.74, 6) is 0.433. The standard InChI is InChI=1S/C11H17ClN4OS/c12-3-4-13-10(17)15-8-9-2-1-6-16(9)11-14-5-7-18-11/h5,7,9H,1-4,6,8H2,(H2,13,15,17). The molecular weight excluding hydrogens is 272 g/mol. The highest BCUT2D eigenvalue weighted by Gasteiger charge is 2.26. The summed E-state index contributed by atoms with van der Waals surface area (Å²) in [7, 11) is 0. The molecule has 1 aliphatic heterocycles. The second-order valence-corrected chi connectivity index (χ2v) is 5.38. The first-order valence-corrected chi connectivity index (χ1v) is 7.46. The molecule has 1 unspecified atom stereocenters. The van der Waals surface area contributed by atoms with E-state index in [1.54, 1.807) is 11.3 Å². The minimum atomic E-state index is -0.151. The molecule has 2 N–H and O–H groups in total. The third-order valence-electron chi connectivity index (χ3n) is 2.92. The normalized spacial score (nSPS) is 18.9. The molecule has 0 spiro atoms. The molecule has 2 rings (SSSR count). The third-order valence-corrected chi connectivity index (χ3v) is 3.92. The Kier molecular flexibility index (Phi) is 5.07. The predicted octanol–water partition coefficient (Wildman–Crippen LogP) is 1.65. The van der Waals surface area contributed by atoms with Crippen molar-refractivity contribution < 1.29 is 4.79 Å². The number of amides is 2. The molecule has 0 saturated carbocycles. The fourth-order valence-corrected chi connectivity index (χ4v) is 2.93. The molecule has 1 aromatic rings. The highest BCUT2D eigenvalue weighted by Crippen LogP contribution is 2.26. The number of alkyl halides is 1. The van der Waals surface area contributed by atoms with Crippen molar-refractivity contribution in [2.75, 3.05) is 30.4 Å². The molecule has 2 heterocycles. The second-order valence-electron chi connectivity index (χ2n) is 4.13. The average molecular weight is 289 g/mol. The van der Waals surface area contributed by atoms with Crippen LogP contribution in [-0.2, 0) is 0 Å². The summed E-state index contributed by atoms with van der Waals surface area (Å²) in [6.45, 7) is 2.16. The molecule has 0 aromatic carbocycles. The van der Waals surface area contributed by atoms with Gasteiger partial charge < -0.3 is 15.5 Å². The van der Waals surface area contributed by atoms with Crippen LogP contribution in [0.15, 0.2) is 11.6 Å². The number of anilines is 1. The summed E-state index contributed by atoms with van der Waals surface area (Å²) in [4.78, 5) is 18.0.